The fourth-order valence-electron chi connectivity index (χ4n) is 3.14. The monoisotopic (exact) mass is 557 g/mol. The van der Waals surface area contributed by atoms with Gasteiger partial charge in [0.15, 0.2) is 11.0 Å². The van der Waals surface area contributed by atoms with Crippen LogP contribution in [0.5, 0.6) is 0 Å². The highest BCUT2D eigenvalue weighted by atomic mass is 35.5. The molecular formula is C23H20Cl2F3N5O2S. The summed E-state index contributed by atoms with van der Waals surface area (Å²) >= 11 is 13.0. The Balaban J connectivity index is 1.68. The minimum absolute atomic E-state index is 0.0286. The van der Waals surface area contributed by atoms with Crippen LogP contribution in [-0.2, 0) is 17.5 Å². The number of anilines is 1. The van der Waals surface area contributed by atoms with Gasteiger partial charge < -0.3 is 15.2 Å². The highest BCUT2D eigenvalue weighted by molar-refractivity contribution is 7.99. The van der Waals surface area contributed by atoms with Crippen molar-refractivity contribution < 1.29 is 22.8 Å². The Kier molecular flexibility index (Phi) is 9.04. The van der Waals surface area contributed by atoms with Crippen LogP contribution in [0.4, 0.5) is 18.9 Å². The molecule has 0 aliphatic heterocycles. The summed E-state index contributed by atoms with van der Waals surface area (Å²) in [5.74, 6) is -0.680. The third kappa shape index (κ3) is 7.02. The molecule has 0 aliphatic rings. The number of hydrogen-bond donors (Lipinski definition) is 2. The van der Waals surface area contributed by atoms with E-state index in [9.17, 15) is 22.8 Å². The highest BCUT2D eigenvalue weighted by Gasteiger charge is 2.30. The van der Waals surface area contributed by atoms with Gasteiger partial charge >= 0.3 is 6.18 Å². The van der Waals surface area contributed by atoms with Crippen molar-refractivity contribution >= 4 is 52.5 Å². The molecule has 0 spiro atoms. The molecule has 1 heterocycles. The predicted molar refractivity (Wildman–Crippen MR) is 133 cm³/mol. The molecule has 1 atom stereocenters. The van der Waals surface area contributed by atoms with Crippen molar-refractivity contribution in [1.82, 2.24) is 20.1 Å². The summed E-state index contributed by atoms with van der Waals surface area (Å²) in [6.07, 6.45) is -2.91. The molecule has 13 heteroatoms. The molecule has 1 unspecified atom stereocenters. The Bertz CT molecular complexity index is 1280. The topological polar surface area (TPSA) is 88.9 Å². The van der Waals surface area contributed by atoms with E-state index in [4.69, 9.17) is 23.2 Å². The van der Waals surface area contributed by atoms with Crippen molar-refractivity contribution in [3.63, 3.8) is 0 Å². The number of rotatable bonds is 9. The molecule has 2 aromatic carbocycles. The number of benzene rings is 2. The molecule has 190 valence electrons. The Hall–Kier alpha value is -3.02. The van der Waals surface area contributed by atoms with Crippen molar-refractivity contribution in [2.24, 2.45) is 0 Å². The van der Waals surface area contributed by atoms with E-state index in [-0.39, 0.29) is 22.0 Å². The smallest absolute Gasteiger partial charge is 0.342 e. The average Bonchev–Trinajstić information content (AvgIpc) is 3.20. The number of alkyl halides is 3. The summed E-state index contributed by atoms with van der Waals surface area (Å²) in [7, 11) is 0. The van der Waals surface area contributed by atoms with E-state index >= 15 is 0 Å². The minimum Gasteiger partial charge on any atom is -0.342 e. The lowest BCUT2D eigenvalue weighted by Crippen LogP contribution is -2.29. The third-order valence-electron chi connectivity index (χ3n) is 4.77. The molecule has 0 saturated carbocycles. The second kappa shape index (κ2) is 11.8. The molecular weight excluding hydrogens is 538 g/mol. The molecule has 2 N–H and O–H groups in total. The van der Waals surface area contributed by atoms with Crippen LogP contribution in [0.2, 0.25) is 10.0 Å². The molecule has 36 heavy (non-hydrogen) atoms. The van der Waals surface area contributed by atoms with E-state index < -0.39 is 29.6 Å². The quantitative estimate of drug-likeness (QED) is 0.248. The predicted octanol–water partition coefficient (Wildman–Crippen LogP) is 6.01. The maximum atomic E-state index is 12.9. The van der Waals surface area contributed by atoms with Gasteiger partial charge in [0.05, 0.1) is 27.9 Å². The number of nitrogens with zero attached hydrogens (tertiary/aromatic N) is 3. The van der Waals surface area contributed by atoms with Gasteiger partial charge in [0.25, 0.3) is 5.91 Å². The van der Waals surface area contributed by atoms with E-state index in [1.165, 1.54) is 24.3 Å². The molecule has 0 radical (unpaired) electrons. The number of thioether (sulfide) groups is 1. The van der Waals surface area contributed by atoms with Crippen molar-refractivity contribution in [3.05, 3.63) is 82.1 Å². The van der Waals surface area contributed by atoms with Gasteiger partial charge in [-0.2, -0.15) is 13.2 Å². The normalized spacial score (nSPS) is 12.2. The van der Waals surface area contributed by atoms with Crippen molar-refractivity contribution in [3.8, 4) is 0 Å². The van der Waals surface area contributed by atoms with E-state index in [1.807, 2.05) is 0 Å². The van der Waals surface area contributed by atoms with Crippen LogP contribution < -0.4 is 10.6 Å². The standard InChI is InChI=1S/C23H20Cl2F3N5O2S/c1-3-9-33-20(13(2)29-21(35)17-8-7-15(24)11-18(17)25)31-32-22(33)36-12-19(34)30-16-6-4-5-14(10-16)23(26,27)28/h3-8,10-11,13H,1,9,12H2,2H3,(H,29,35)(H,30,34). The van der Waals surface area contributed by atoms with E-state index in [0.717, 1.165) is 23.9 Å². The van der Waals surface area contributed by atoms with E-state index in [1.54, 1.807) is 23.6 Å². The number of carbonyl (C=O) groups excluding carboxylic acids is 2. The lowest BCUT2D eigenvalue weighted by Gasteiger charge is -2.16. The molecule has 3 rings (SSSR count). The summed E-state index contributed by atoms with van der Waals surface area (Å²) in [5, 5.41) is 14.4. The molecule has 0 aliphatic carbocycles. The molecule has 0 bridgehead atoms. The SMILES string of the molecule is C=CCn1c(SCC(=O)Nc2cccc(C(F)(F)F)c2)nnc1C(C)NC(=O)c1ccc(Cl)cc1Cl. The first-order chi connectivity index (χ1) is 17.0. The zero-order valence-electron chi connectivity index (χ0n) is 18.8. The summed E-state index contributed by atoms with van der Waals surface area (Å²) in [6.45, 7) is 5.71. The molecule has 1 aromatic heterocycles. The van der Waals surface area contributed by atoms with Crippen LogP contribution in [0, 0.1) is 0 Å². The summed E-state index contributed by atoms with van der Waals surface area (Å²) in [4.78, 5) is 25.0. The van der Waals surface area contributed by atoms with Crippen LogP contribution in [0.1, 0.15) is 34.7 Å². The first-order valence-electron chi connectivity index (χ1n) is 10.4. The Morgan fingerprint density at radius 3 is 2.61 bits per heavy atom. The van der Waals surface area contributed by atoms with Gasteiger partial charge in [-0.25, -0.2) is 0 Å². The minimum atomic E-state index is -4.52. The third-order valence-corrected chi connectivity index (χ3v) is 6.29. The summed E-state index contributed by atoms with van der Waals surface area (Å²) in [6, 6.07) is 8.30. The van der Waals surface area contributed by atoms with Crippen molar-refractivity contribution in [1.29, 1.82) is 0 Å². The second-order valence-corrected chi connectivity index (χ2v) is 9.26. The van der Waals surface area contributed by atoms with Crippen LogP contribution in [0.3, 0.4) is 0 Å². The zero-order chi connectivity index (χ0) is 26.5. The van der Waals surface area contributed by atoms with Gasteiger partial charge in [-0.1, -0.05) is 47.1 Å². The Morgan fingerprint density at radius 1 is 1.19 bits per heavy atom. The molecule has 0 fully saturated rings. The Labute approximate surface area is 219 Å². The first-order valence-corrected chi connectivity index (χ1v) is 12.1. The highest BCUT2D eigenvalue weighted by Crippen LogP contribution is 2.31. The van der Waals surface area contributed by atoms with Crippen LogP contribution in [0.25, 0.3) is 0 Å². The fourth-order valence-corrected chi connectivity index (χ4v) is 4.39. The van der Waals surface area contributed by atoms with Crippen molar-refractivity contribution in [2.75, 3.05) is 11.1 Å². The van der Waals surface area contributed by atoms with E-state index in [0.29, 0.717) is 22.5 Å². The van der Waals surface area contributed by atoms with Crippen LogP contribution >= 0.6 is 35.0 Å². The molecule has 3 aromatic rings. The van der Waals surface area contributed by atoms with Crippen LogP contribution in [0.15, 0.2) is 60.3 Å². The maximum Gasteiger partial charge on any atom is 0.416 e. The van der Waals surface area contributed by atoms with Gasteiger partial charge in [0.1, 0.15) is 0 Å². The number of allylic oxidation sites excluding steroid dienone is 1. The second-order valence-electron chi connectivity index (χ2n) is 7.47. The van der Waals surface area contributed by atoms with Gasteiger partial charge in [-0.3, -0.25) is 9.59 Å². The fraction of sp³-hybridized carbons (Fsp3) is 0.217. The average molecular weight is 558 g/mol. The number of carbonyl (C=O) groups is 2. The number of nitrogens with one attached hydrogen (secondary N) is 2. The molecule has 0 saturated heterocycles. The van der Waals surface area contributed by atoms with Gasteiger partial charge in [-0.05, 0) is 43.3 Å². The number of amides is 2. The Morgan fingerprint density at radius 2 is 1.94 bits per heavy atom. The first kappa shape index (κ1) is 27.6. The van der Waals surface area contributed by atoms with Gasteiger partial charge in [0.2, 0.25) is 5.91 Å². The van der Waals surface area contributed by atoms with E-state index in [2.05, 4.69) is 27.4 Å². The lowest BCUT2D eigenvalue weighted by molar-refractivity contribution is -0.137. The number of halogens is 5. The van der Waals surface area contributed by atoms with Crippen molar-refractivity contribution in [2.45, 2.75) is 30.8 Å². The number of hydrogen-bond acceptors (Lipinski definition) is 5. The largest absolute Gasteiger partial charge is 0.416 e. The lowest BCUT2D eigenvalue weighted by atomic mass is 10.2. The zero-order valence-corrected chi connectivity index (χ0v) is 21.1. The van der Waals surface area contributed by atoms with Gasteiger partial charge in [-0.15, -0.1) is 16.8 Å². The summed E-state index contributed by atoms with van der Waals surface area (Å²) in [5.41, 5.74) is -0.594. The summed E-state index contributed by atoms with van der Waals surface area (Å²) < 4.78 is 40.3. The van der Waals surface area contributed by atoms with Crippen LogP contribution in [-0.4, -0.2) is 32.3 Å². The molecule has 2 amide bonds. The van der Waals surface area contributed by atoms with Gasteiger partial charge in [0, 0.05) is 17.3 Å². The number of aromatic nitrogens is 3. The molecule has 7 nitrogen and oxygen atoms in total. The maximum absolute atomic E-state index is 12.9.